The van der Waals surface area contributed by atoms with Crippen molar-refractivity contribution in [3.8, 4) is 28.6 Å². The lowest BCUT2D eigenvalue weighted by Gasteiger charge is -2.13. The predicted octanol–water partition coefficient (Wildman–Crippen LogP) is 5.73. The van der Waals surface area contributed by atoms with Gasteiger partial charge >= 0.3 is 0 Å². The van der Waals surface area contributed by atoms with E-state index >= 15 is 0 Å². The fraction of sp³-hybridized carbons (Fsp3) is 0.280. The van der Waals surface area contributed by atoms with E-state index in [0.717, 1.165) is 34.1 Å². The SMILES string of the molecule is C=C(C)C(O)CCC(C)=CCc1c(OC)cc(O)cc1-c1cc2ccc(O)cc2o1. The molecular formula is C25H28O5. The molecule has 0 amide bonds. The lowest BCUT2D eigenvalue weighted by Crippen LogP contribution is -2.06. The smallest absolute Gasteiger partial charge is 0.138 e. The first-order valence-electron chi connectivity index (χ1n) is 9.90. The van der Waals surface area contributed by atoms with E-state index in [1.165, 1.54) is 0 Å². The molecule has 3 aromatic rings. The summed E-state index contributed by atoms with van der Waals surface area (Å²) in [5.74, 6) is 1.37. The summed E-state index contributed by atoms with van der Waals surface area (Å²) in [6.07, 6.45) is 3.56. The molecule has 2 aromatic carbocycles. The Bertz CT molecular complexity index is 1090. The Kier molecular flexibility index (Phi) is 6.53. The highest BCUT2D eigenvalue weighted by Crippen LogP contribution is 2.38. The molecule has 3 rings (SSSR count). The number of phenolic OH excluding ortho intramolecular Hbond substituents is 2. The van der Waals surface area contributed by atoms with Crippen molar-refractivity contribution < 1.29 is 24.5 Å². The molecule has 1 heterocycles. The van der Waals surface area contributed by atoms with Gasteiger partial charge in [-0.1, -0.05) is 23.8 Å². The minimum atomic E-state index is -0.501. The number of aliphatic hydroxyl groups excluding tert-OH is 1. The number of hydrogen-bond donors (Lipinski definition) is 3. The second-order valence-electron chi connectivity index (χ2n) is 7.66. The van der Waals surface area contributed by atoms with Crippen molar-refractivity contribution >= 4 is 11.0 Å². The second-order valence-corrected chi connectivity index (χ2v) is 7.66. The van der Waals surface area contributed by atoms with Crippen LogP contribution in [0.25, 0.3) is 22.3 Å². The Morgan fingerprint density at radius 3 is 2.60 bits per heavy atom. The minimum absolute atomic E-state index is 0.0826. The maximum Gasteiger partial charge on any atom is 0.138 e. The number of furan rings is 1. The monoisotopic (exact) mass is 408 g/mol. The van der Waals surface area contributed by atoms with Gasteiger partial charge in [-0.25, -0.2) is 0 Å². The van der Waals surface area contributed by atoms with Crippen molar-refractivity contribution in [1.82, 2.24) is 0 Å². The molecule has 0 bridgehead atoms. The van der Waals surface area contributed by atoms with Gasteiger partial charge in [0.1, 0.15) is 28.6 Å². The Labute approximate surface area is 176 Å². The number of benzene rings is 2. The van der Waals surface area contributed by atoms with Gasteiger partial charge in [0.05, 0.1) is 13.2 Å². The third-order valence-electron chi connectivity index (χ3n) is 5.22. The van der Waals surface area contributed by atoms with Gasteiger partial charge in [0, 0.05) is 28.6 Å². The molecule has 3 N–H and O–H groups in total. The van der Waals surface area contributed by atoms with Crippen LogP contribution in [-0.2, 0) is 6.42 Å². The lowest BCUT2D eigenvalue weighted by atomic mass is 9.97. The molecule has 0 spiro atoms. The van der Waals surface area contributed by atoms with Crippen LogP contribution < -0.4 is 4.74 Å². The summed E-state index contributed by atoms with van der Waals surface area (Å²) in [6, 6.07) is 10.1. The van der Waals surface area contributed by atoms with Crippen molar-refractivity contribution in [3.63, 3.8) is 0 Å². The number of rotatable bonds is 8. The maximum absolute atomic E-state index is 10.2. The van der Waals surface area contributed by atoms with E-state index in [0.29, 0.717) is 29.9 Å². The molecule has 0 saturated carbocycles. The van der Waals surface area contributed by atoms with Crippen molar-refractivity contribution in [1.29, 1.82) is 0 Å². The first-order chi connectivity index (χ1) is 14.3. The molecule has 0 aliphatic heterocycles. The number of methoxy groups -OCH3 is 1. The van der Waals surface area contributed by atoms with Crippen LogP contribution in [-0.4, -0.2) is 28.5 Å². The summed E-state index contributed by atoms with van der Waals surface area (Å²) in [4.78, 5) is 0. The van der Waals surface area contributed by atoms with Crippen molar-refractivity contribution in [2.24, 2.45) is 0 Å². The van der Waals surface area contributed by atoms with Crippen LogP contribution in [0, 0.1) is 0 Å². The molecule has 0 radical (unpaired) electrons. The zero-order valence-corrected chi connectivity index (χ0v) is 17.6. The first kappa shape index (κ1) is 21.5. The molecule has 0 saturated heterocycles. The Morgan fingerprint density at radius 2 is 1.90 bits per heavy atom. The van der Waals surface area contributed by atoms with E-state index in [9.17, 15) is 15.3 Å². The molecular weight excluding hydrogens is 380 g/mol. The molecule has 158 valence electrons. The molecule has 0 fully saturated rings. The molecule has 0 aliphatic rings. The summed E-state index contributed by atoms with van der Waals surface area (Å²) < 4.78 is 11.5. The number of allylic oxidation sites excluding steroid dienone is 2. The molecule has 1 unspecified atom stereocenters. The topological polar surface area (TPSA) is 83.1 Å². The third kappa shape index (κ3) is 4.86. The Balaban J connectivity index is 1.95. The largest absolute Gasteiger partial charge is 0.508 e. The molecule has 30 heavy (non-hydrogen) atoms. The molecule has 1 atom stereocenters. The molecule has 0 aliphatic carbocycles. The fourth-order valence-corrected chi connectivity index (χ4v) is 3.39. The summed E-state index contributed by atoms with van der Waals surface area (Å²) >= 11 is 0. The third-order valence-corrected chi connectivity index (χ3v) is 5.22. The number of hydrogen-bond acceptors (Lipinski definition) is 5. The Hall–Kier alpha value is -3.18. The highest BCUT2D eigenvalue weighted by atomic mass is 16.5. The van der Waals surface area contributed by atoms with Gasteiger partial charge < -0.3 is 24.5 Å². The number of aromatic hydroxyl groups is 2. The molecule has 5 nitrogen and oxygen atoms in total. The number of aliphatic hydroxyl groups is 1. The van der Waals surface area contributed by atoms with Crippen LogP contribution >= 0.6 is 0 Å². The van der Waals surface area contributed by atoms with E-state index in [-0.39, 0.29) is 11.5 Å². The average molecular weight is 408 g/mol. The van der Waals surface area contributed by atoms with Gasteiger partial charge in [-0.15, -0.1) is 0 Å². The highest BCUT2D eigenvalue weighted by Gasteiger charge is 2.17. The normalized spacial score (nSPS) is 12.9. The number of phenols is 2. The van der Waals surface area contributed by atoms with Crippen LogP contribution in [0.4, 0.5) is 0 Å². The van der Waals surface area contributed by atoms with Gasteiger partial charge in [-0.2, -0.15) is 0 Å². The predicted molar refractivity (Wildman–Crippen MR) is 119 cm³/mol. The van der Waals surface area contributed by atoms with Crippen LogP contribution in [0.3, 0.4) is 0 Å². The zero-order valence-electron chi connectivity index (χ0n) is 17.6. The molecule has 5 heteroatoms. The van der Waals surface area contributed by atoms with Crippen molar-refractivity contribution in [2.45, 2.75) is 39.2 Å². The zero-order chi connectivity index (χ0) is 21.8. The maximum atomic E-state index is 10.2. The fourth-order valence-electron chi connectivity index (χ4n) is 3.39. The summed E-state index contributed by atoms with van der Waals surface area (Å²) in [6.45, 7) is 7.64. The molecule has 1 aromatic heterocycles. The van der Waals surface area contributed by atoms with E-state index in [4.69, 9.17) is 9.15 Å². The minimum Gasteiger partial charge on any atom is -0.508 e. The van der Waals surface area contributed by atoms with Crippen LogP contribution in [0.2, 0.25) is 0 Å². The number of ether oxygens (including phenoxy) is 1. The Morgan fingerprint density at radius 1 is 1.13 bits per heavy atom. The summed E-state index contributed by atoms with van der Waals surface area (Å²) in [5, 5.41) is 30.7. The van der Waals surface area contributed by atoms with E-state index in [1.807, 2.05) is 19.9 Å². The quantitative estimate of drug-likeness (QED) is 0.415. The van der Waals surface area contributed by atoms with E-state index in [2.05, 4.69) is 12.7 Å². The standard InChI is InChI=1S/C25H28O5/c1-15(2)22(28)10-6-16(3)5-9-20-21(12-19(27)14-24(20)29-4)25-11-17-7-8-18(26)13-23(17)30-25/h5,7-8,11-14,22,26-28H,1,6,9-10H2,2-4H3. The van der Waals surface area contributed by atoms with Gasteiger partial charge in [0.15, 0.2) is 0 Å². The lowest BCUT2D eigenvalue weighted by molar-refractivity contribution is 0.201. The number of fused-ring (bicyclic) bond motifs is 1. The van der Waals surface area contributed by atoms with Gasteiger partial charge in [-0.05, 0) is 57.4 Å². The van der Waals surface area contributed by atoms with E-state index in [1.54, 1.807) is 37.4 Å². The summed E-state index contributed by atoms with van der Waals surface area (Å²) in [7, 11) is 1.57. The van der Waals surface area contributed by atoms with E-state index < -0.39 is 6.10 Å². The first-order valence-corrected chi connectivity index (χ1v) is 9.90. The summed E-state index contributed by atoms with van der Waals surface area (Å²) in [5.41, 5.74) is 4.10. The van der Waals surface area contributed by atoms with Gasteiger partial charge in [-0.3, -0.25) is 0 Å². The van der Waals surface area contributed by atoms with Crippen LogP contribution in [0.1, 0.15) is 32.3 Å². The van der Waals surface area contributed by atoms with Gasteiger partial charge in [0.25, 0.3) is 0 Å². The highest BCUT2D eigenvalue weighted by molar-refractivity contribution is 5.85. The second kappa shape index (κ2) is 9.09. The van der Waals surface area contributed by atoms with Gasteiger partial charge in [0.2, 0.25) is 0 Å². The van der Waals surface area contributed by atoms with Crippen LogP contribution in [0.15, 0.2) is 64.6 Å². The average Bonchev–Trinajstić information content (AvgIpc) is 3.13. The van der Waals surface area contributed by atoms with Crippen LogP contribution in [0.5, 0.6) is 17.2 Å². The van der Waals surface area contributed by atoms with Crippen molar-refractivity contribution in [3.05, 3.63) is 65.8 Å². The van der Waals surface area contributed by atoms with Crippen molar-refractivity contribution in [2.75, 3.05) is 7.11 Å².